The summed E-state index contributed by atoms with van der Waals surface area (Å²) in [5.74, 6) is 4.60. The highest BCUT2D eigenvalue weighted by molar-refractivity contribution is 5.09. The minimum atomic E-state index is -0.136. The Balaban J connectivity index is 1.58. The molecule has 9 atom stereocenters. The zero-order chi connectivity index (χ0) is 17.1. The van der Waals surface area contributed by atoms with E-state index in [0.717, 1.165) is 23.7 Å². The number of fused-ring (bicyclic) bond motifs is 5. The maximum atomic E-state index is 10.3. The van der Waals surface area contributed by atoms with Gasteiger partial charge in [-0.15, -0.1) is 0 Å². The smallest absolute Gasteiger partial charge is 0.0545 e. The van der Waals surface area contributed by atoms with E-state index in [9.17, 15) is 10.2 Å². The third-order valence-electron chi connectivity index (χ3n) is 9.69. The monoisotopic (exact) mass is 334 g/mol. The molecule has 0 aromatic heterocycles. The Kier molecular flexibility index (Phi) is 4.32. The second-order valence-electron chi connectivity index (χ2n) is 10.4. The van der Waals surface area contributed by atoms with Gasteiger partial charge in [0.1, 0.15) is 0 Å². The van der Waals surface area contributed by atoms with Crippen LogP contribution in [0.15, 0.2) is 0 Å². The molecule has 2 N–H and O–H groups in total. The Bertz CT molecular complexity index is 475. The fraction of sp³-hybridized carbons (Fsp3) is 1.00. The standard InChI is InChI=1S/C22H38O2/c1-14(24)18-6-7-19-17-5-4-16-12-15(13-23)8-10-21(16,2)20(17)9-11-22(18,19)3/h14-20,23-24H,4-13H2,1-3H3/t14-,15-,16?,17?,18+,19?,20?,21?,22+/m0/s1. The summed E-state index contributed by atoms with van der Waals surface area (Å²) < 4.78 is 0. The summed E-state index contributed by atoms with van der Waals surface area (Å²) >= 11 is 0. The van der Waals surface area contributed by atoms with Gasteiger partial charge in [-0.1, -0.05) is 13.8 Å². The van der Waals surface area contributed by atoms with Crippen molar-refractivity contribution in [1.29, 1.82) is 0 Å². The molecule has 4 fully saturated rings. The summed E-state index contributed by atoms with van der Waals surface area (Å²) in [5, 5.41) is 19.9. The van der Waals surface area contributed by atoms with E-state index < -0.39 is 0 Å². The second kappa shape index (κ2) is 5.98. The molecule has 0 bridgehead atoms. The lowest BCUT2D eigenvalue weighted by Crippen LogP contribution is -2.54. The molecule has 2 heteroatoms. The van der Waals surface area contributed by atoms with Crippen molar-refractivity contribution in [3.8, 4) is 0 Å². The summed E-state index contributed by atoms with van der Waals surface area (Å²) in [7, 11) is 0. The molecule has 24 heavy (non-hydrogen) atoms. The second-order valence-corrected chi connectivity index (χ2v) is 10.4. The number of aliphatic hydroxyl groups is 2. The largest absolute Gasteiger partial charge is 0.396 e. The molecule has 0 radical (unpaired) electrons. The molecule has 0 spiro atoms. The summed E-state index contributed by atoms with van der Waals surface area (Å²) in [5.41, 5.74) is 0.916. The average Bonchev–Trinajstić information content (AvgIpc) is 2.91. The molecule has 0 aliphatic heterocycles. The van der Waals surface area contributed by atoms with Crippen LogP contribution in [0, 0.1) is 46.3 Å². The summed E-state index contributed by atoms with van der Waals surface area (Å²) in [6.45, 7) is 7.54. The number of hydrogen-bond donors (Lipinski definition) is 2. The lowest BCUT2D eigenvalue weighted by molar-refractivity contribution is -0.126. The quantitative estimate of drug-likeness (QED) is 0.772. The van der Waals surface area contributed by atoms with Crippen LogP contribution < -0.4 is 0 Å². The van der Waals surface area contributed by atoms with Crippen molar-refractivity contribution in [3.63, 3.8) is 0 Å². The number of hydrogen-bond acceptors (Lipinski definition) is 2. The van der Waals surface area contributed by atoms with Crippen LogP contribution in [-0.2, 0) is 0 Å². The molecular formula is C22H38O2. The van der Waals surface area contributed by atoms with Crippen LogP contribution in [0.1, 0.15) is 78.6 Å². The average molecular weight is 335 g/mol. The third-order valence-corrected chi connectivity index (χ3v) is 9.69. The van der Waals surface area contributed by atoms with Crippen molar-refractivity contribution >= 4 is 0 Å². The molecule has 0 saturated heterocycles. The van der Waals surface area contributed by atoms with Gasteiger partial charge in [-0.2, -0.15) is 0 Å². The first kappa shape index (κ1) is 17.3. The van der Waals surface area contributed by atoms with Gasteiger partial charge < -0.3 is 10.2 Å². The third kappa shape index (κ3) is 2.35. The van der Waals surface area contributed by atoms with Crippen molar-refractivity contribution in [1.82, 2.24) is 0 Å². The zero-order valence-corrected chi connectivity index (χ0v) is 16.0. The predicted molar refractivity (Wildman–Crippen MR) is 97.5 cm³/mol. The van der Waals surface area contributed by atoms with Crippen LogP contribution in [0.3, 0.4) is 0 Å². The normalized spacial score (nSPS) is 55.4. The molecule has 0 heterocycles. The summed E-state index contributed by atoms with van der Waals surface area (Å²) in [4.78, 5) is 0. The van der Waals surface area contributed by atoms with Gasteiger partial charge in [0.25, 0.3) is 0 Å². The van der Waals surface area contributed by atoms with Gasteiger partial charge in [0.2, 0.25) is 0 Å². The molecule has 4 aliphatic carbocycles. The molecule has 0 aromatic carbocycles. The van der Waals surface area contributed by atoms with Crippen LogP contribution in [0.5, 0.6) is 0 Å². The topological polar surface area (TPSA) is 40.5 Å². The van der Waals surface area contributed by atoms with E-state index in [4.69, 9.17) is 0 Å². The van der Waals surface area contributed by atoms with Crippen LogP contribution >= 0.6 is 0 Å². The molecule has 2 nitrogen and oxygen atoms in total. The molecule has 5 unspecified atom stereocenters. The lowest BCUT2D eigenvalue weighted by atomic mass is 9.44. The minimum absolute atomic E-state index is 0.136. The highest BCUT2D eigenvalue weighted by Gasteiger charge is 2.60. The Labute approximate surface area is 148 Å². The zero-order valence-electron chi connectivity index (χ0n) is 16.0. The van der Waals surface area contributed by atoms with Gasteiger partial charge in [-0.3, -0.25) is 0 Å². The van der Waals surface area contributed by atoms with Gasteiger partial charge in [0, 0.05) is 6.61 Å². The molecule has 0 amide bonds. The number of aliphatic hydroxyl groups excluding tert-OH is 2. The molecule has 4 saturated carbocycles. The van der Waals surface area contributed by atoms with Gasteiger partial charge in [-0.25, -0.2) is 0 Å². The van der Waals surface area contributed by atoms with E-state index in [2.05, 4.69) is 13.8 Å². The van der Waals surface area contributed by atoms with Crippen molar-refractivity contribution in [3.05, 3.63) is 0 Å². The van der Waals surface area contributed by atoms with Crippen molar-refractivity contribution in [2.75, 3.05) is 6.61 Å². The van der Waals surface area contributed by atoms with E-state index in [0.29, 0.717) is 29.3 Å². The minimum Gasteiger partial charge on any atom is -0.396 e. The van der Waals surface area contributed by atoms with Gasteiger partial charge in [0.05, 0.1) is 6.10 Å². The van der Waals surface area contributed by atoms with Gasteiger partial charge >= 0.3 is 0 Å². The Morgan fingerprint density at radius 2 is 1.62 bits per heavy atom. The maximum absolute atomic E-state index is 10.3. The summed E-state index contributed by atoms with van der Waals surface area (Å²) in [6, 6.07) is 0. The van der Waals surface area contributed by atoms with Gasteiger partial charge in [0.15, 0.2) is 0 Å². The van der Waals surface area contributed by atoms with Crippen molar-refractivity contribution in [2.24, 2.45) is 46.3 Å². The predicted octanol–water partition coefficient (Wildman–Crippen LogP) is 4.63. The first-order valence-electron chi connectivity index (χ1n) is 10.7. The Morgan fingerprint density at radius 3 is 2.33 bits per heavy atom. The maximum Gasteiger partial charge on any atom is 0.0545 e. The highest BCUT2D eigenvalue weighted by atomic mass is 16.3. The van der Waals surface area contributed by atoms with E-state index >= 15 is 0 Å². The molecule has 0 aromatic rings. The molecule has 138 valence electrons. The SMILES string of the molecule is C[C@H](O)[C@H]1CCC2C3CCC4C[C@@H](CO)CCC4(C)C3CC[C@@]21C. The Hall–Kier alpha value is -0.0800. The van der Waals surface area contributed by atoms with Crippen LogP contribution in [0.2, 0.25) is 0 Å². The molecule has 4 aliphatic rings. The van der Waals surface area contributed by atoms with Crippen molar-refractivity contribution in [2.45, 2.75) is 84.7 Å². The highest BCUT2D eigenvalue weighted by Crippen LogP contribution is 2.68. The van der Waals surface area contributed by atoms with Gasteiger partial charge in [-0.05, 0) is 111 Å². The van der Waals surface area contributed by atoms with E-state index in [1.807, 2.05) is 6.92 Å². The number of rotatable bonds is 2. The Morgan fingerprint density at radius 1 is 0.917 bits per heavy atom. The fourth-order valence-corrected chi connectivity index (χ4v) is 8.35. The molecule has 4 rings (SSSR count). The fourth-order valence-electron chi connectivity index (χ4n) is 8.35. The van der Waals surface area contributed by atoms with E-state index in [1.54, 1.807) is 0 Å². The van der Waals surface area contributed by atoms with Crippen LogP contribution in [0.25, 0.3) is 0 Å². The van der Waals surface area contributed by atoms with Crippen LogP contribution in [0.4, 0.5) is 0 Å². The van der Waals surface area contributed by atoms with E-state index in [1.165, 1.54) is 57.8 Å². The summed E-state index contributed by atoms with van der Waals surface area (Å²) in [6.07, 6.45) is 11.8. The first-order chi connectivity index (χ1) is 11.4. The van der Waals surface area contributed by atoms with Crippen molar-refractivity contribution < 1.29 is 10.2 Å². The molecular weight excluding hydrogens is 296 g/mol. The van der Waals surface area contributed by atoms with E-state index in [-0.39, 0.29) is 6.10 Å². The lowest BCUT2D eigenvalue weighted by Gasteiger charge is -2.61. The first-order valence-corrected chi connectivity index (χ1v) is 10.7. The van der Waals surface area contributed by atoms with Crippen LogP contribution in [-0.4, -0.2) is 22.9 Å².